The highest BCUT2D eigenvalue weighted by atomic mass is 35.5. The van der Waals surface area contributed by atoms with Gasteiger partial charge in [-0.15, -0.1) is 0 Å². The number of nitrogens with zero attached hydrogens (tertiary/aromatic N) is 3. The van der Waals surface area contributed by atoms with Crippen molar-refractivity contribution in [2.24, 2.45) is 7.05 Å². The molecule has 9 heteroatoms. The summed E-state index contributed by atoms with van der Waals surface area (Å²) in [7, 11) is 2.97. The summed E-state index contributed by atoms with van der Waals surface area (Å²) in [4.78, 5) is 28.4. The maximum Gasteiger partial charge on any atom is 0.325 e. The van der Waals surface area contributed by atoms with E-state index in [1.165, 1.54) is 7.11 Å². The number of methoxy groups -OCH3 is 1. The van der Waals surface area contributed by atoms with Gasteiger partial charge in [0, 0.05) is 17.6 Å². The fraction of sp³-hybridized carbons (Fsp3) is 0.176. The molecule has 0 aliphatic rings. The SMILES string of the molecule is COC(=O)CNC(=O)c1cc(-c2ccc(Cl)cc2Cl)nc2c1cnn2C. The Morgan fingerprint density at radius 2 is 2.04 bits per heavy atom. The van der Waals surface area contributed by atoms with E-state index in [-0.39, 0.29) is 6.54 Å². The van der Waals surface area contributed by atoms with Gasteiger partial charge in [-0.25, -0.2) is 4.98 Å². The lowest BCUT2D eigenvalue weighted by molar-refractivity contribution is -0.139. The van der Waals surface area contributed by atoms with Crippen LogP contribution in [0.1, 0.15) is 10.4 Å². The van der Waals surface area contributed by atoms with Gasteiger partial charge < -0.3 is 10.1 Å². The molecule has 0 aliphatic carbocycles. The van der Waals surface area contributed by atoms with Crippen LogP contribution in [0, 0.1) is 0 Å². The van der Waals surface area contributed by atoms with Crippen molar-refractivity contribution in [1.82, 2.24) is 20.1 Å². The smallest absolute Gasteiger partial charge is 0.325 e. The number of carbonyl (C=O) groups excluding carboxylic acids is 2. The molecule has 0 unspecified atom stereocenters. The molecule has 3 aromatic rings. The summed E-state index contributed by atoms with van der Waals surface area (Å²) in [5, 5.41) is 8.14. The van der Waals surface area contributed by atoms with Gasteiger partial charge in [-0.05, 0) is 24.3 Å². The molecular formula is C17H14Cl2N4O3. The first-order valence-electron chi connectivity index (χ1n) is 7.54. The molecule has 1 aromatic carbocycles. The summed E-state index contributed by atoms with van der Waals surface area (Å²) >= 11 is 12.2. The van der Waals surface area contributed by atoms with E-state index in [1.54, 1.807) is 42.2 Å². The van der Waals surface area contributed by atoms with Crippen molar-refractivity contribution in [3.63, 3.8) is 0 Å². The topological polar surface area (TPSA) is 86.1 Å². The fourth-order valence-corrected chi connectivity index (χ4v) is 2.96. The highest BCUT2D eigenvalue weighted by molar-refractivity contribution is 6.36. The van der Waals surface area contributed by atoms with E-state index in [2.05, 4.69) is 20.1 Å². The van der Waals surface area contributed by atoms with Crippen molar-refractivity contribution < 1.29 is 14.3 Å². The average molecular weight is 393 g/mol. The maximum absolute atomic E-state index is 12.6. The molecule has 0 fully saturated rings. The van der Waals surface area contributed by atoms with Crippen LogP contribution in [0.15, 0.2) is 30.5 Å². The highest BCUT2D eigenvalue weighted by Crippen LogP contribution is 2.31. The summed E-state index contributed by atoms with van der Waals surface area (Å²) in [6, 6.07) is 6.62. The van der Waals surface area contributed by atoms with Gasteiger partial charge in [-0.1, -0.05) is 23.2 Å². The van der Waals surface area contributed by atoms with E-state index in [0.29, 0.717) is 37.9 Å². The zero-order chi connectivity index (χ0) is 18.8. The van der Waals surface area contributed by atoms with E-state index in [1.807, 2.05) is 0 Å². The standard InChI is InChI=1S/C17H14Cl2N4O3/c1-23-16-12(7-21-23)11(17(25)20-8-15(24)26-2)6-14(22-16)10-4-3-9(18)5-13(10)19/h3-7H,8H2,1-2H3,(H,20,25). The van der Waals surface area contributed by atoms with Gasteiger partial charge >= 0.3 is 5.97 Å². The van der Waals surface area contributed by atoms with Gasteiger partial charge in [0.15, 0.2) is 5.65 Å². The molecule has 134 valence electrons. The van der Waals surface area contributed by atoms with Crippen LogP contribution in [0.5, 0.6) is 0 Å². The molecular weight excluding hydrogens is 379 g/mol. The number of aryl methyl sites for hydroxylation is 1. The minimum Gasteiger partial charge on any atom is -0.468 e. The molecule has 0 aliphatic heterocycles. The summed E-state index contributed by atoms with van der Waals surface area (Å²) in [6.45, 7) is -0.240. The molecule has 0 saturated heterocycles. The average Bonchev–Trinajstić information content (AvgIpc) is 2.99. The predicted octanol–water partition coefficient (Wildman–Crippen LogP) is 2.84. The van der Waals surface area contributed by atoms with E-state index < -0.39 is 11.9 Å². The first-order chi connectivity index (χ1) is 12.4. The van der Waals surface area contributed by atoms with Crippen molar-refractivity contribution in [2.75, 3.05) is 13.7 Å². The second kappa shape index (κ2) is 7.31. The molecule has 0 saturated carbocycles. The fourth-order valence-electron chi connectivity index (χ4n) is 2.46. The van der Waals surface area contributed by atoms with Gasteiger partial charge in [0.25, 0.3) is 5.91 Å². The summed E-state index contributed by atoms with van der Waals surface area (Å²) < 4.78 is 6.09. The summed E-state index contributed by atoms with van der Waals surface area (Å²) in [5.41, 5.74) is 1.96. The van der Waals surface area contributed by atoms with Gasteiger partial charge in [0.1, 0.15) is 6.54 Å². The van der Waals surface area contributed by atoms with Crippen LogP contribution in [0.4, 0.5) is 0 Å². The van der Waals surface area contributed by atoms with Gasteiger partial charge in [-0.2, -0.15) is 5.10 Å². The second-order valence-electron chi connectivity index (χ2n) is 5.44. The lowest BCUT2D eigenvalue weighted by Gasteiger charge is -2.09. The Balaban J connectivity index is 2.10. The molecule has 2 heterocycles. The Morgan fingerprint density at radius 1 is 1.27 bits per heavy atom. The maximum atomic E-state index is 12.6. The number of benzene rings is 1. The number of esters is 1. The number of carbonyl (C=O) groups is 2. The van der Waals surface area contributed by atoms with Crippen LogP contribution >= 0.6 is 23.2 Å². The molecule has 1 N–H and O–H groups in total. The van der Waals surface area contributed by atoms with Crippen molar-refractivity contribution in [3.05, 3.63) is 46.1 Å². The third-order valence-electron chi connectivity index (χ3n) is 3.78. The first-order valence-corrected chi connectivity index (χ1v) is 8.29. The molecule has 2 aromatic heterocycles. The number of hydrogen-bond acceptors (Lipinski definition) is 5. The largest absolute Gasteiger partial charge is 0.468 e. The Kier molecular flexibility index (Phi) is 5.11. The van der Waals surface area contributed by atoms with E-state index in [4.69, 9.17) is 23.2 Å². The van der Waals surface area contributed by atoms with Crippen molar-refractivity contribution in [2.45, 2.75) is 0 Å². The summed E-state index contributed by atoms with van der Waals surface area (Å²) in [6.07, 6.45) is 1.54. The Morgan fingerprint density at radius 3 is 2.73 bits per heavy atom. The Labute approximate surface area is 158 Å². The molecule has 1 amide bonds. The van der Waals surface area contributed by atoms with Crippen molar-refractivity contribution in [3.8, 4) is 11.3 Å². The molecule has 0 spiro atoms. The van der Waals surface area contributed by atoms with Gasteiger partial charge in [0.05, 0.1) is 35.0 Å². The van der Waals surface area contributed by atoms with Crippen LogP contribution in [0.25, 0.3) is 22.3 Å². The number of pyridine rings is 1. The number of nitrogens with one attached hydrogen (secondary N) is 1. The second-order valence-corrected chi connectivity index (χ2v) is 6.29. The van der Waals surface area contributed by atoms with Crippen LogP contribution in [-0.4, -0.2) is 40.3 Å². The predicted molar refractivity (Wildman–Crippen MR) is 98.3 cm³/mol. The number of hydrogen-bond donors (Lipinski definition) is 1. The third kappa shape index (κ3) is 3.49. The van der Waals surface area contributed by atoms with Crippen LogP contribution < -0.4 is 5.32 Å². The number of fused-ring (bicyclic) bond motifs is 1. The molecule has 0 bridgehead atoms. The van der Waals surface area contributed by atoms with E-state index >= 15 is 0 Å². The van der Waals surface area contributed by atoms with Gasteiger partial charge in [0.2, 0.25) is 0 Å². The van der Waals surface area contributed by atoms with Crippen molar-refractivity contribution >= 4 is 46.1 Å². The normalized spacial score (nSPS) is 10.8. The Bertz CT molecular complexity index is 1020. The number of amides is 1. The summed E-state index contributed by atoms with van der Waals surface area (Å²) in [5.74, 6) is -0.988. The lowest BCUT2D eigenvalue weighted by Crippen LogP contribution is -2.30. The van der Waals surface area contributed by atoms with E-state index in [0.717, 1.165) is 0 Å². The number of ether oxygens (including phenoxy) is 1. The number of halogens is 2. The molecule has 0 radical (unpaired) electrons. The molecule has 0 atom stereocenters. The first kappa shape index (κ1) is 18.2. The lowest BCUT2D eigenvalue weighted by atomic mass is 10.1. The van der Waals surface area contributed by atoms with Crippen molar-refractivity contribution in [1.29, 1.82) is 0 Å². The molecule has 26 heavy (non-hydrogen) atoms. The molecule has 3 rings (SSSR count). The highest BCUT2D eigenvalue weighted by Gasteiger charge is 2.18. The third-order valence-corrected chi connectivity index (χ3v) is 4.33. The van der Waals surface area contributed by atoms with Crippen LogP contribution in [0.2, 0.25) is 10.0 Å². The minimum absolute atomic E-state index is 0.240. The number of rotatable bonds is 4. The zero-order valence-electron chi connectivity index (χ0n) is 13.9. The van der Waals surface area contributed by atoms with E-state index in [9.17, 15) is 9.59 Å². The quantitative estimate of drug-likeness (QED) is 0.689. The van der Waals surface area contributed by atoms with Crippen LogP contribution in [-0.2, 0) is 16.6 Å². The monoisotopic (exact) mass is 392 g/mol. The number of aromatic nitrogens is 3. The van der Waals surface area contributed by atoms with Crippen LogP contribution in [0.3, 0.4) is 0 Å². The Hall–Kier alpha value is -2.64. The van der Waals surface area contributed by atoms with Gasteiger partial charge in [-0.3, -0.25) is 14.3 Å². The molecule has 7 nitrogen and oxygen atoms in total. The zero-order valence-corrected chi connectivity index (χ0v) is 15.4. The minimum atomic E-state index is -0.546.